The van der Waals surface area contributed by atoms with Crippen LogP contribution in [0.1, 0.15) is 32.0 Å². The Hall–Kier alpha value is -0.890. The fraction of sp³-hybridized carbons (Fsp3) is 0.545. The van der Waals surface area contributed by atoms with Crippen molar-refractivity contribution in [1.82, 2.24) is 4.98 Å². The molecule has 0 aliphatic carbocycles. The van der Waals surface area contributed by atoms with Crippen molar-refractivity contribution >= 4 is 0 Å². The van der Waals surface area contributed by atoms with Crippen molar-refractivity contribution in [2.75, 3.05) is 6.61 Å². The number of hydrogen-bond acceptors (Lipinski definition) is 2. The lowest BCUT2D eigenvalue weighted by atomic mass is 9.88. The van der Waals surface area contributed by atoms with Gasteiger partial charge >= 0.3 is 0 Å². The summed E-state index contributed by atoms with van der Waals surface area (Å²) in [7, 11) is 0. The van der Waals surface area contributed by atoms with Gasteiger partial charge in [-0.1, -0.05) is 26.8 Å². The second-order valence-corrected chi connectivity index (χ2v) is 4.26. The van der Waals surface area contributed by atoms with Crippen LogP contribution in [-0.2, 0) is 11.8 Å². The third kappa shape index (κ3) is 2.81. The fourth-order valence-electron chi connectivity index (χ4n) is 1.13. The van der Waals surface area contributed by atoms with Gasteiger partial charge in [0.05, 0.1) is 0 Å². The van der Waals surface area contributed by atoms with Crippen LogP contribution in [-0.4, -0.2) is 16.7 Å². The predicted octanol–water partition coefficient (Wildman–Crippen LogP) is 1.91. The Balaban J connectivity index is 2.81. The molecule has 1 N–H and O–H groups in total. The molecule has 72 valence electrons. The maximum absolute atomic E-state index is 8.71. The third-order valence-corrected chi connectivity index (χ3v) is 2.06. The van der Waals surface area contributed by atoms with E-state index >= 15 is 0 Å². The zero-order chi connectivity index (χ0) is 9.90. The van der Waals surface area contributed by atoms with Crippen LogP contribution in [0, 0.1) is 0 Å². The molecule has 0 atom stereocenters. The molecule has 0 spiro atoms. The van der Waals surface area contributed by atoms with Crippen LogP contribution in [0.2, 0.25) is 0 Å². The normalized spacial score (nSPS) is 11.7. The number of pyridine rings is 1. The second kappa shape index (κ2) is 3.88. The molecule has 0 amide bonds. The molecule has 0 fully saturated rings. The lowest BCUT2D eigenvalue weighted by Gasteiger charge is -2.18. The molecule has 0 saturated carbocycles. The maximum atomic E-state index is 8.71. The molecule has 0 radical (unpaired) electrons. The number of rotatable bonds is 2. The summed E-state index contributed by atoms with van der Waals surface area (Å²) in [6.07, 6.45) is 2.54. The Morgan fingerprint density at radius 1 is 1.31 bits per heavy atom. The number of aliphatic hydroxyl groups excluding tert-OH is 1. The smallest absolute Gasteiger partial charge is 0.0486 e. The van der Waals surface area contributed by atoms with E-state index in [1.165, 1.54) is 5.56 Å². The van der Waals surface area contributed by atoms with Gasteiger partial charge in [-0.15, -0.1) is 0 Å². The number of hydrogen-bond donors (Lipinski definition) is 1. The van der Waals surface area contributed by atoms with Crippen LogP contribution in [0.15, 0.2) is 18.3 Å². The fourth-order valence-corrected chi connectivity index (χ4v) is 1.13. The van der Waals surface area contributed by atoms with Gasteiger partial charge < -0.3 is 5.11 Å². The first-order chi connectivity index (χ1) is 6.04. The summed E-state index contributed by atoms with van der Waals surface area (Å²) in [5, 5.41) is 8.71. The minimum absolute atomic E-state index is 0.157. The Labute approximate surface area is 79.6 Å². The molecular weight excluding hydrogens is 162 g/mol. The van der Waals surface area contributed by atoms with Crippen LogP contribution >= 0.6 is 0 Å². The Morgan fingerprint density at radius 3 is 2.38 bits per heavy atom. The average Bonchev–Trinajstić information content (AvgIpc) is 2.04. The monoisotopic (exact) mass is 179 g/mol. The van der Waals surface area contributed by atoms with Gasteiger partial charge in [0.1, 0.15) is 0 Å². The minimum atomic E-state index is 0.157. The highest BCUT2D eigenvalue weighted by molar-refractivity contribution is 5.21. The highest BCUT2D eigenvalue weighted by Gasteiger charge is 2.13. The molecule has 0 bridgehead atoms. The summed E-state index contributed by atoms with van der Waals surface area (Å²) in [4.78, 5) is 4.27. The highest BCUT2D eigenvalue weighted by Crippen LogP contribution is 2.20. The van der Waals surface area contributed by atoms with Gasteiger partial charge in [-0.2, -0.15) is 0 Å². The molecule has 0 aliphatic rings. The molecule has 2 nitrogen and oxygen atoms in total. The molecule has 1 aromatic rings. The van der Waals surface area contributed by atoms with Crippen molar-refractivity contribution in [2.45, 2.75) is 32.6 Å². The third-order valence-electron chi connectivity index (χ3n) is 2.06. The first-order valence-electron chi connectivity index (χ1n) is 4.60. The topological polar surface area (TPSA) is 33.1 Å². The van der Waals surface area contributed by atoms with Crippen molar-refractivity contribution in [3.8, 4) is 0 Å². The van der Waals surface area contributed by atoms with E-state index in [1.54, 1.807) is 0 Å². The van der Waals surface area contributed by atoms with Crippen molar-refractivity contribution < 1.29 is 5.11 Å². The number of nitrogens with zero attached hydrogens (tertiary/aromatic N) is 1. The van der Waals surface area contributed by atoms with Crippen LogP contribution in [0.4, 0.5) is 0 Å². The van der Waals surface area contributed by atoms with Gasteiger partial charge in [-0.25, -0.2) is 0 Å². The van der Waals surface area contributed by atoms with E-state index in [2.05, 4.69) is 31.8 Å². The van der Waals surface area contributed by atoms with Crippen molar-refractivity contribution in [1.29, 1.82) is 0 Å². The van der Waals surface area contributed by atoms with Crippen LogP contribution in [0.25, 0.3) is 0 Å². The van der Waals surface area contributed by atoms with E-state index in [9.17, 15) is 0 Å². The van der Waals surface area contributed by atoms with Gasteiger partial charge in [-0.05, 0) is 17.0 Å². The molecule has 1 heterocycles. The SMILES string of the molecule is CC(C)(C)c1ccc(CCO)nc1. The Kier molecular flexibility index (Phi) is 3.04. The molecule has 2 heteroatoms. The molecule has 0 saturated heterocycles. The zero-order valence-electron chi connectivity index (χ0n) is 8.54. The molecule has 1 rings (SSSR count). The van der Waals surface area contributed by atoms with Gasteiger partial charge in [0.25, 0.3) is 0 Å². The van der Waals surface area contributed by atoms with Gasteiger partial charge in [0.15, 0.2) is 0 Å². The predicted molar refractivity (Wildman–Crippen MR) is 53.7 cm³/mol. The van der Waals surface area contributed by atoms with E-state index in [0.717, 1.165) is 5.69 Å². The first kappa shape index (κ1) is 10.2. The summed E-state index contributed by atoms with van der Waals surface area (Å²) >= 11 is 0. The standard InChI is InChI=1S/C11H17NO/c1-11(2,3)9-4-5-10(6-7-13)12-8-9/h4-5,8,13H,6-7H2,1-3H3. The summed E-state index contributed by atoms with van der Waals surface area (Å²) in [6, 6.07) is 4.06. The van der Waals surface area contributed by atoms with Crippen molar-refractivity contribution in [3.05, 3.63) is 29.6 Å². The minimum Gasteiger partial charge on any atom is -0.396 e. The number of aromatic nitrogens is 1. The maximum Gasteiger partial charge on any atom is 0.0486 e. The zero-order valence-corrected chi connectivity index (χ0v) is 8.54. The second-order valence-electron chi connectivity index (χ2n) is 4.26. The summed E-state index contributed by atoms with van der Waals surface area (Å²) in [5.41, 5.74) is 2.34. The van der Waals surface area contributed by atoms with Gasteiger partial charge in [-0.3, -0.25) is 4.98 Å². The summed E-state index contributed by atoms with van der Waals surface area (Å²) in [5.74, 6) is 0. The van der Waals surface area contributed by atoms with E-state index in [4.69, 9.17) is 5.11 Å². The summed E-state index contributed by atoms with van der Waals surface area (Å²) < 4.78 is 0. The van der Waals surface area contributed by atoms with Gasteiger partial charge in [0.2, 0.25) is 0 Å². The van der Waals surface area contributed by atoms with Crippen molar-refractivity contribution in [3.63, 3.8) is 0 Å². The van der Waals surface area contributed by atoms with E-state index in [-0.39, 0.29) is 12.0 Å². The van der Waals surface area contributed by atoms with E-state index < -0.39 is 0 Å². The largest absolute Gasteiger partial charge is 0.396 e. The van der Waals surface area contributed by atoms with E-state index in [1.807, 2.05) is 12.3 Å². The first-order valence-corrected chi connectivity index (χ1v) is 4.60. The Morgan fingerprint density at radius 2 is 2.00 bits per heavy atom. The highest BCUT2D eigenvalue weighted by atomic mass is 16.3. The van der Waals surface area contributed by atoms with Crippen LogP contribution < -0.4 is 0 Å². The van der Waals surface area contributed by atoms with Crippen LogP contribution in [0.3, 0.4) is 0 Å². The molecule has 0 aliphatic heterocycles. The van der Waals surface area contributed by atoms with Gasteiger partial charge in [0, 0.05) is 24.9 Å². The molecular formula is C11H17NO. The van der Waals surface area contributed by atoms with E-state index in [0.29, 0.717) is 6.42 Å². The molecule has 1 aromatic heterocycles. The Bertz CT molecular complexity index is 258. The summed E-state index contributed by atoms with van der Waals surface area (Å²) in [6.45, 7) is 6.66. The molecule has 0 unspecified atom stereocenters. The van der Waals surface area contributed by atoms with Crippen molar-refractivity contribution in [2.24, 2.45) is 0 Å². The quantitative estimate of drug-likeness (QED) is 0.752. The lowest BCUT2D eigenvalue weighted by molar-refractivity contribution is 0.298. The number of aliphatic hydroxyl groups is 1. The lowest BCUT2D eigenvalue weighted by Crippen LogP contribution is -2.11. The average molecular weight is 179 g/mol. The molecule has 0 aromatic carbocycles. The van der Waals surface area contributed by atoms with Crippen LogP contribution in [0.5, 0.6) is 0 Å². The molecule has 13 heavy (non-hydrogen) atoms.